The minimum Gasteiger partial charge on any atom is -0.497 e. The van der Waals surface area contributed by atoms with Gasteiger partial charge >= 0.3 is 0 Å². The number of methoxy groups -OCH3 is 1. The second-order valence-corrected chi connectivity index (χ2v) is 5.03. The SMILES string of the molecule is COc1cc(CCl)c2sc(S)cc2c1. The van der Waals surface area contributed by atoms with E-state index in [0.29, 0.717) is 5.88 Å². The van der Waals surface area contributed by atoms with Gasteiger partial charge in [0.15, 0.2) is 0 Å². The number of hydrogen-bond donors (Lipinski definition) is 1. The lowest BCUT2D eigenvalue weighted by atomic mass is 10.2. The number of rotatable bonds is 2. The lowest BCUT2D eigenvalue weighted by Gasteiger charge is -2.03. The first-order valence-corrected chi connectivity index (χ1v) is 5.90. The third-order valence-corrected chi connectivity index (χ3v) is 3.75. The Morgan fingerprint density at radius 2 is 2.21 bits per heavy atom. The number of benzene rings is 1. The van der Waals surface area contributed by atoms with Crippen LogP contribution in [0.5, 0.6) is 5.75 Å². The Labute approximate surface area is 97.1 Å². The van der Waals surface area contributed by atoms with Gasteiger partial charge in [-0.05, 0) is 29.1 Å². The van der Waals surface area contributed by atoms with Crippen LogP contribution in [0.25, 0.3) is 10.1 Å². The van der Waals surface area contributed by atoms with Crippen molar-refractivity contribution in [3.8, 4) is 5.75 Å². The predicted octanol–water partition coefficient (Wildman–Crippen LogP) is 3.94. The molecule has 0 aliphatic rings. The van der Waals surface area contributed by atoms with Crippen molar-refractivity contribution in [2.75, 3.05) is 7.11 Å². The highest BCUT2D eigenvalue weighted by atomic mass is 35.5. The van der Waals surface area contributed by atoms with Crippen LogP contribution in [0.2, 0.25) is 0 Å². The van der Waals surface area contributed by atoms with Crippen molar-refractivity contribution in [1.29, 1.82) is 0 Å². The van der Waals surface area contributed by atoms with Gasteiger partial charge in [0.1, 0.15) is 5.75 Å². The van der Waals surface area contributed by atoms with Crippen LogP contribution >= 0.6 is 35.6 Å². The highest BCUT2D eigenvalue weighted by Gasteiger charge is 2.06. The lowest BCUT2D eigenvalue weighted by Crippen LogP contribution is -1.85. The predicted molar refractivity (Wildman–Crippen MR) is 65.2 cm³/mol. The van der Waals surface area contributed by atoms with Crippen LogP contribution in [0.15, 0.2) is 22.4 Å². The summed E-state index contributed by atoms with van der Waals surface area (Å²) in [5, 5.41) is 1.15. The third kappa shape index (κ3) is 1.72. The van der Waals surface area contributed by atoms with E-state index in [1.54, 1.807) is 18.4 Å². The van der Waals surface area contributed by atoms with Crippen LogP contribution in [0.3, 0.4) is 0 Å². The van der Waals surface area contributed by atoms with E-state index < -0.39 is 0 Å². The zero-order chi connectivity index (χ0) is 10.1. The number of thiophene rings is 1. The van der Waals surface area contributed by atoms with Crippen LogP contribution in [0.1, 0.15) is 5.56 Å². The number of thiol groups is 1. The van der Waals surface area contributed by atoms with Crippen molar-refractivity contribution >= 4 is 45.7 Å². The van der Waals surface area contributed by atoms with E-state index in [0.717, 1.165) is 20.9 Å². The Morgan fingerprint density at radius 3 is 2.86 bits per heavy atom. The van der Waals surface area contributed by atoms with Crippen LogP contribution in [-0.4, -0.2) is 7.11 Å². The number of ether oxygens (including phenoxy) is 1. The molecule has 0 amide bonds. The molecule has 0 fully saturated rings. The van der Waals surface area contributed by atoms with E-state index >= 15 is 0 Å². The summed E-state index contributed by atoms with van der Waals surface area (Å²) in [7, 11) is 1.66. The molecule has 0 saturated heterocycles. The number of alkyl halides is 1. The molecule has 1 aromatic heterocycles. The molecule has 0 radical (unpaired) electrons. The molecule has 2 aromatic rings. The number of hydrogen-bond acceptors (Lipinski definition) is 3. The summed E-state index contributed by atoms with van der Waals surface area (Å²) in [4.78, 5) is 0. The normalized spacial score (nSPS) is 10.8. The topological polar surface area (TPSA) is 9.23 Å². The molecule has 0 aliphatic heterocycles. The van der Waals surface area contributed by atoms with Crippen LogP contribution in [-0.2, 0) is 5.88 Å². The second-order valence-electron chi connectivity index (χ2n) is 2.92. The highest BCUT2D eigenvalue weighted by Crippen LogP contribution is 2.34. The molecule has 0 aliphatic carbocycles. The maximum Gasteiger partial charge on any atom is 0.119 e. The highest BCUT2D eigenvalue weighted by molar-refractivity contribution is 7.83. The Hall–Kier alpha value is -0.380. The standard InChI is InChI=1S/C10H9ClOS2/c1-12-8-2-6-4-9(13)14-10(6)7(3-8)5-11/h2-4,13H,5H2,1H3. The molecule has 0 spiro atoms. The van der Waals surface area contributed by atoms with Gasteiger partial charge in [0.05, 0.1) is 11.3 Å². The maximum absolute atomic E-state index is 5.87. The Kier molecular flexibility index (Phi) is 2.91. The van der Waals surface area contributed by atoms with Gasteiger partial charge in [0.25, 0.3) is 0 Å². The molecule has 0 N–H and O–H groups in total. The molecular formula is C10H9ClOS2. The Balaban J connectivity index is 2.72. The van der Waals surface area contributed by atoms with Gasteiger partial charge in [-0.15, -0.1) is 35.6 Å². The van der Waals surface area contributed by atoms with Gasteiger partial charge < -0.3 is 4.74 Å². The minimum absolute atomic E-state index is 0.501. The first kappa shape index (κ1) is 10.1. The minimum atomic E-state index is 0.501. The first-order valence-electron chi connectivity index (χ1n) is 4.10. The third-order valence-electron chi connectivity index (χ3n) is 2.03. The van der Waals surface area contributed by atoms with Crippen molar-refractivity contribution in [2.24, 2.45) is 0 Å². The van der Waals surface area contributed by atoms with Crippen molar-refractivity contribution in [1.82, 2.24) is 0 Å². The van der Waals surface area contributed by atoms with Gasteiger partial charge in [0, 0.05) is 10.6 Å². The zero-order valence-corrected chi connectivity index (χ0v) is 10.0. The van der Waals surface area contributed by atoms with E-state index in [4.69, 9.17) is 16.3 Å². The Morgan fingerprint density at radius 1 is 1.43 bits per heavy atom. The van der Waals surface area contributed by atoms with E-state index in [-0.39, 0.29) is 0 Å². The second kappa shape index (κ2) is 4.01. The smallest absolute Gasteiger partial charge is 0.119 e. The van der Waals surface area contributed by atoms with Crippen LogP contribution in [0.4, 0.5) is 0 Å². The Bertz CT molecular complexity index is 464. The molecule has 1 heterocycles. The molecule has 0 atom stereocenters. The summed E-state index contributed by atoms with van der Waals surface area (Å²) >= 11 is 11.8. The quantitative estimate of drug-likeness (QED) is 0.622. The molecule has 0 bridgehead atoms. The largest absolute Gasteiger partial charge is 0.497 e. The zero-order valence-electron chi connectivity index (χ0n) is 7.58. The van der Waals surface area contributed by atoms with E-state index in [9.17, 15) is 0 Å². The van der Waals surface area contributed by atoms with Gasteiger partial charge in [0.2, 0.25) is 0 Å². The number of halogens is 1. The summed E-state index contributed by atoms with van der Waals surface area (Å²) in [6, 6.07) is 6.00. The molecule has 0 saturated carbocycles. The molecule has 2 rings (SSSR count). The van der Waals surface area contributed by atoms with E-state index in [1.165, 1.54) is 4.70 Å². The molecule has 1 aromatic carbocycles. The molecule has 74 valence electrons. The molecular weight excluding hydrogens is 236 g/mol. The average molecular weight is 245 g/mol. The van der Waals surface area contributed by atoms with E-state index in [2.05, 4.69) is 12.6 Å². The monoisotopic (exact) mass is 244 g/mol. The maximum atomic E-state index is 5.87. The lowest BCUT2D eigenvalue weighted by molar-refractivity contribution is 0.415. The molecule has 4 heteroatoms. The summed E-state index contributed by atoms with van der Waals surface area (Å²) in [6.07, 6.45) is 0. The summed E-state index contributed by atoms with van der Waals surface area (Å²) in [5.74, 6) is 1.35. The summed E-state index contributed by atoms with van der Waals surface area (Å²) in [5.41, 5.74) is 1.10. The van der Waals surface area contributed by atoms with Crippen LogP contribution in [0, 0.1) is 0 Å². The van der Waals surface area contributed by atoms with Crippen LogP contribution < -0.4 is 4.74 Å². The summed E-state index contributed by atoms with van der Waals surface area (Å²) < 4.78 is 7.39. The van der Waals surface area contributed by atoms with Gasteiger partial charge in [-0.3, -0.25) is 0 Å². The summed E-state index contributed by atoms with van der Waals surface area (Å²) in [6.45, 7) is 0. The van der Waals surface area contributed by atoms with Gasteiger partial charge in [-0.2, -0.15) is 0 Å². The molecule has 1 nitrogen and oxygen atoms in total. The molecule has 14 heavy (non-hydrogen) atoms. The number of fused-ring (bicyclic) bond motifs is 1. The van der Waals surface area contributed by atoms with Gasteiger partial charge in [-0.25, -0.2) is 0 Å². The van der Waals surface area contributed by atoms with E-state index in [1.807, 2.05) is 18.2 Å². The first-order chi connectivity index (χ1) is 6.74. The van der Waals surface area contributed by atoms with Crippen molar-refractivity contribution in [3.05, 3.63) is 23.8 Å². The fourth-order valence-corrected chi connectivity index (χ4v) is 2.99. The van der Waals surface area contributed by atoms with Gasteiger partial charge in [-0.1, -0.05) is 0 Å². The molecule has 0 unspecified atom stereocenters. The van der Waals surface area contributed by atoms with Crippen molar-refractivity contribution in [3.63, 3.8) is 0 Å². The average Bonchev–Trinajstić information content (AvgIpc) is 2.56. The van der Waals surface area contributed by atoms with Crippen molar-refractivity contribution in [2.45, 2.75) is 10.1 Å². The van der Waals surface area contributed by atoms with Crippen molar-refractivity contribution < 1.29 is 4.74 Å². The fraction of sp³-hybridized carbons (Fsp3) is 0.200. The fourth-order valence-electron chi connectivity index (χ4n) is 1.40.